The fourth-order valence-corrected chi connectivity index (χ4v) is 1.75. The molecule has 0 aliphatic carbocycles. The number of hydrogen-bond acceptors (Lipinski definition) is 2. The van der Waals surface area contributed by atoms with Crippen molar-refractivity contribution in [2.45, 2.75) is 20.3 Å². The number of nitrogens with zero attached hydrogens (tertiary/aromatic N) is 1. The Morgan fingerprint density at radius 1 is 1.14 bits per heavy atom. The Bertz CT molecular complexity index is 573. The van der Waals surface area contributed by atoms with Crippen molar-refractivity contribution in [3.8, 4) is 0 Å². The van der Waals surface area contributed by atoms with Crippen molar-refractivity contribution in [3.63, 3.8) is 0 Å². The predicted octanol–water partition coefficient (Wildman–Crippen LogP) is 2.22. The number of likely N-dealkylation sites (N-methyl/N-ethyl adjacent to an activating group) is 1. The number of benzene rings is 1. The molecular weight excluding hydrogens is 287 g/mol. The van der Waals surface area contributed by atoms with E-state index in [-0.39, 0.29) is 12.1 Å². The molecule has 0 atom stereocenters. The molecule has 0 saturated carbocycles. The van der Waals surface area contributed by atoms with E-state index in [1.54, 1.807) is 0 Å². The Balaban J connectivity index is 2.82. The van der Waals surface area contributed by atoms with Crippen molar-refractivity contribution in [1.82, 2.24) is 4.90 Å². The summed E-state index contributed by atoms with van der Waals surface area (Å²) in [5, 5.41) is 8.98. The van der Waals surface area contributed by atoms with Crippen LogP contribution in [0.3, 0.4) is 0 Å². The molecule has 0 aliphatic rings. The number of amides is 1. The van der Waals surface area contributed by atoms with Crippen LogP contribution in [0.4, 0.5) is 13.2 Å². The highest BCUT2D eigenvalue weighted by molar-refractivity contribution is 5.80. The van der Waals surface area contributed by atoms with Crippen molar-refractivity contribution in [2.24, 2.45) is 5.41 Å². The second-order valence-corrected chi connectivity index (χ2v) is 5.47. The maximum atomic E-state index is 13.4. The quantitative estimate of drug-likeness (QED) is 0.849. The molecule has 1 amide bonds. The Morgan fingerprint density at radius 3 is 2.19 bits per heavy atom. The summed E-state index contributed by atoms with van der Waals surface area (Å²) >= 11 is 0. The highest BCUT2D eigenvalue weighted by Gasteiger charge is 2.30. The minimum absolute atomic E-state index is 0.0908. The Morgan fingerprint density at radius 2 is 1.67 bits per heavy atom. The zero-order chi connectivity index (χ0) is 16.4. The third kappa shape index (κ3) is 4.21. The minimum atomic E-state index is -1.33. The Labute approximate surface area is 120 Å². The van der Waals surface area contributed by atoms with Crippen molar-refractivity contribution >= 4 is 11.9 Å². The molecule has 0 unspecified atom stereocenters. The van der Waals surface area contributed by atoms with Gasteiger partial charge in [-0.3, -0.25) is 9.59 Å². The number of carboxylic acid groups (broad SMARTS) is 1. The summed E-state index contributed by atoms with van der Waals surface area (Å²) in [4.78, 5) is 24.0. The average molecular weight is 303 g/mol. The molecule has 0 aromatic heterocycles. The van der Waals surface area contributed by atoms with E-state index in [2.05, 4.69) is 0 Å². The van der Waals surface area contributed by atoms with Crippen molar-refractivity contribution in [1.29, 1.82) is 0 Å². The van der Waals surface area contributed by atoms with Crippen LogP contribution in [0.5, 0.6) is 0 Å². The lowest BCUT2D eigenvalue weighted by Crippen LogP contribution is -2.40. The number of aliphatic carboxylic acids is 1. The van der Waals surface area contributed by atoms with Crippen molar-refractivity contribution < 1.29 is 27.9 Å². The normalized spacial score (nSPS) is 11.3. The van der Waals surface area contributed by atoms with Gasteiger partial charge in [-0.1, -0.05) is 0 Å². The molecule has 116 valence electrons. The first kappa shape index (κ1) is 17.0. The number of hydrogen-bond donors (Lipinski definition) is 1. The first-order valence-electron chi connectivity index (χ1n) is 6.15. The van der Waals surface area contributed by atoms with Crippen LogP contribution in [0.25, 0.3) is 0 Å². The zero-order valence-corrected chi connectivity index (χ0v) is 11.9. The summed E-state index contributed by atoms with van der Waals surface area (Å²) in [5.41, 5.74) is -1.45. The van der Waals surface area contributed by atoms with E-state index in [0.717, 1.165) is 4.90 Å². The first-order chi connectivity index (χ1) is 9.54. The molecule has 1 aromatic rings. The molecular formula is C14H16F3NO3. The summed E-state index contributed by atoms with van der Waals surface area (Å²) in [7, 11) is 1.37. The van der Waals surface area contributed by atoms with Crippen LogP contribution in [0.2, 0.25) is 0 Å². The molecule has 1 aromatic carbocycles. The number of carbonyl (C=O) groups is 2. The summed E-state index contributed by atoms with van der Waals surface area (Å²) < 4.78 is 39.3. The van der Waals surface area contributed by atoms with Crippen molar-refractivity contribution in [3.05, 3.63) is 35.1 Å². The van der Waals surface area contributed by atoms with Crippen LogP contribution in [-0.4, -0.2) is 35.5 Å². The predicted molar refractivity (Wildman–Crippen MR) is 69.1 cm³/mol. The molecule has 0 bridgehead atoms. The summed E-state index contributed by atoms with van der Waals surface area (Å²) in [5.74, 6) is -5.26. The van der Waals surface area contributed by atoms with Crippen LogP contribution < -0.4 is 0 Å². The van der Waals surface area contributed by atoms with E-state index in [1.165, 1.54) is 20.9 Å². The average Bonchev–Trinajstić information content (AvgIpc) is 2.35. The van der Waals surface area contributed by atoms with Gasteiger partial charge < -0.3 is 10.0 Å². The van der Waals surface area contributed by atoms with E-state index < -0.39 is 41.2 Å². The summed E-state index contributed by atoms with van der Waals surface area (Å²) in [6, 6.07) is 0.998. The SMILES string of the molecule is CN(CC(C)(C)C(=O)O)C(=O)Cc1cc(F)c(F)cc1F. The number of carboxylic acids is 1. The van der Waals surface area contributed by atoms with Crippen LogP contribution >= 0.6 is 0 Å². The third-order valence-electron chi connectivity index (χ3n) is 3.07. The Kier molecular flexibility index (Phi) is 4.98. The first-order valence-corrected chi connectivity index (χ1v) is 6.15. The molecule has 21 heavy (non-hydrogen) atoms. The van der Waals surface area contributed by atoms with E-state index in [9.17, 15) is 22.8 Å². The van der Waals surface area contributed by atoms with E-state index >= 15 is 0 Å². The van der Waals surface area contributed by atoms with Gasteiger partial charge in [0.1, 0.15) is 5.82 Å². The molecule has 0 heterocycles. The molecule has 0 spiro atoms. The second kappa shape index (κ2) is 6.15. The molecule has 1 rings (SSSR count). The molecule has 1 N–H and O–H groups in total. The zero-order valence-electron chi connectivity index (χ0n) is 11.9. The van der Waals surface area contributed by atoms with Gasteiger partial charge in [0.05, 0.1) is 11.8 Å². The topological polar surface area (TPSA) is 57.6 Å². The standard InChI is InChI=1S/C14H16F3NO3/c1-14(2,13(20)21)7-18(3)12(19)5-8-4-10(16)11(17)6-9(8)15/h4,6H,5,7H2,1-3H3,(H,20,21). The van der Waals surface area contributed by atoms with Crippen LogP contribution in [0.1, 0.15) is 19.4 Å². The van der Waals surface area contributed by atoms with Gasteiger partial charge in [-0.05, 0) is 19.9 Å². The van der Waals surface area contributed by atoms with Gasteiger partial charge in [0, 0.05) is 25.2 Å². The van der Waals surface area contributed by atoms with Gasteiger partial charge in [0.15, 0.2) is 11.6 Å². The van der Waals surface area contributed by atoms with Crippen LogP contribution in [0.15, 0.2) is 12.1 Å². The number of halogens is 3. The summed E-state index contributed by atoms with van der Waals surface area (Å²) in [6.07, 6.45) is -0.477. The van der Waals surface area contributed by atoms with Gasteiger partial charge >= 0.3 is 5.97 Å². The van der Waals surface area contributed by atoms with E-state index in [4.69, 9.17) is 5.11 Å². The van der Waals surface area contributed by atoms with Gasteiger partial charge in [0.2, 0.25) is 5.91 Å². The second-order valence-electron chi connectivity index (χ2n) is 5.47. The number of rotatable bonds is 5. The fourth-order valence-electron chi connectivity index (χ4n) is 1.75. The van der Waals surface area contributed by atoms with Crippen molar-refractivity contribution in [2.75, 3.05) is 13.6 Å². The highest BCUT2D eigenvalue weighted by atomic mass is 19.2. The lowest BCUT2D eigenvalue weighted by molar-refractivity contribution is -0.149. The maximum absolute atomic E-state index is 13.4. The van der Waals surface area contributed by atoms with Gasteiger partial charge in [-0.15, -0.1) is 0 Å². The highest BCUT2D eigenvalue weighted by Crippen LogP contribution is 2.18. The molecule has 7 heteroatoms. The lowest BCUT2D eigenvalue weighted by atomic mass is 9.93. The van der Waals surface area contributed by atoms with E-state index in [0.29, 0.717) is 12.1 Å². The summed E-state index contributed by atoms with van der Waals surface area (Å²) in [6.45, 7) is 2.79. The minimum Gasteiger partial charge on any atom is -0.481 e. The van der Waals surface area contributed by atoms with Gasteiger partial charge in [-0.2, -0.15) is 0 Å². The van der Waals surface area contributed by atoms with Crippen LogP contribution in [0, 0.1) is 22.9 Å². The molecule has 0 fully saturated rings. The Hall–Kier alpha value is -2.05. The maximum Gasteiger partial charge on any atom is 0.310 e. The molecule has 0 saturated heterocycles. The molecule has 0 radical (unpaired) electrons. The monoisotopic (exact) mass is 303 g/mol. The van der Waals surface area contributed by atoms with Gasteiger partial charge in [0.25, 0.3) is 0 Å². The lowest BCUT2D eigenvalue weighted by Gasteiger charge is -2.26. The largest absolute Gasteiger partial charge is 0.481 e. The smallest absolute Gasteiger partial charge is 0.310 e. The van der Waals surface area contributed by atoms with Gasteiger partial charge in [-0.25, -0.2) is 13.2 Å². The fraction of sp³-hybridized carbons (Fsp3) is 0.429. The molecule has 0 aliphatic heterocycles. The van der Waals surface area contributed by atoms with E-state index in [1.807, 2.05) is 0 Å². The molecule has 4 nitrogen and oxygen atoms in total. The third-order valence-corrected chi connectivity index (χ3v) is 3.07. The van der Waals surface area contributed by atoms with Crippen LogP contribution in [-0.2, 0) is 16.0 Å². The number of carbonyl (C=O) groups excluding carboxylic acids is 1.